The molecule has 10 nitrogen and oxygen atoms in total. The third-order valence-corrected chi connectivity index (χ3v) is 8.07. The number of nitrogens with zero attached hydrogens (tertiary/aromatic N) is 2. The number of hydrogen-bond donors (Lipinski definition) is 1. The summed E-state index contributed by atoms with van der Waals surface area (Å²) in [6, 6.07) is 10.4. The number of ether oxygens (including phenoxy) is 4. The van der Waals surface area contributed by atoms with Crippen molar-refractivity contribution in [1.82, 2.24) is 4.90 Å². The van der Waals surface area contributed by atoms with E-state index >= 15 is 4.39 Å². The second-order valence-electron chi connectivity index (χ2n) is 16.0. The quantitative estimate of drug-likeness (QED) is 0.197. The van der Waals surface area contributed by atoms with Gasteiger partial charge < -0.3 is 29.2 Å². The Bertz CT molecular complexity index is 1470. The molecule has 2 aliphatic rings. The Balaban J connectivity index is 1.74. The fourth-order valence-corrected chi connectivity index (χ4v) is 6.15. The van der Waals surface area contributed by atoms with Gasteiger partial charge in [0.15, 0.2) is 5.82 Å². The standard InChI is InChI=1S/C38H54FN3O7/c1-36(2,3)47-31(43)21-40-33-30(46-24-26-17-11-10-12-18-26)20-29-28(32(33)39)19-27(42(29)35(45)49-38(7,8)9)23-41(22-25-15-13-14-16-25)34(44)48-37(4,5)6/h10-12,17-18,20,25,27,40H,13-16,19,21-24H2,1-9H3/t27-/m1/s1. The molecule has 0 unspecified atom stereocenters. The number of anilines is 2. The van der Waals surface area contributed by atoms with Crippen molar-refractivity contribution in [1.29, 1.82) is 0 Å². The number of carbonyl (C=O) groups is 3. The van der Waals surface area contributed by atoms with Crippen molar-refractivity contribution in [3.63, 3.8) is 0 Å². The highest BCUT2D eigenvalue weighted by molar-refractivity contribution is 5.93. The smallest absolute Gasteiger partial charge is 0.415 e. The lowest BCUT2D eigenvalue weighted by atomic mass is 10.1. The first-order valence-electron chi connectivity index (χ1n) is 17.3. The number of esters is 1. The number of fused-ring (bicyclic) bond motifs is 1. The van der Waals surface area contributed by atoms with Gasteiger partial charge in [-0.2, -0.15) is 0 Å². The molecule has 0 saturated heterocycles. The maximum absolute atomic E-state index is 16.8. The first-order chi connectivity index (χ1) is 22.8. The number of carbonyl (C=O) groups excluding carboxylic acids is 3. The van der Waals surface area contributed by atoms with Crippen molar-refractivity contribution >= 4 is 29.5 Å². The summed E-state index contributed by atoms with van der Waals surface area (Å²) >= 11 is 0. The zero-order chi connectivity index (χ0) is 36.1. The highest BCUT2D eigenvalue weighted by Crippen LogP contribution is 2.44. The molecule has 0 radical (unpaired) electrons. The van der Waals surface area contributed by atoms with E-state index in [1.807, 2.05) is 51.1 Å². The van der Waals surface area contributed by atoms with Gasteiger partial charge in [-0.15, -0.1) is 0 Å². The van der Waals surface area contributed by atoms with Crippen molar-refractivity contribution in [3.8, 4) is 5.75 Å². The van der Waals surface area contributed by atoms with E-state index in [1.165, 1.54) is 4.90 Å². The van der Waals surface area contributed by atoms with Crippen LogP contribution in [-0.4, -0.2) is 65.5 Å². The Hall–Kier alpha value is -4.02. The van der Waals surface area contributed by atoms with Gasteiger partial charge in [-0.3, -0.25) is 9.69 Å². The third kappa shape index (κ3) is 11.0. The van der Waals surface area contributed by atoms with E-state index in [2.05, 4.69) is 5.32 Å². The first kappa shape index (κ1) is 37.8. The molecule has 1 aliphatic carbocycles. The fourth-order valence-electron chi connectivity index (χ4n) is 6.15. The summed E-state index contributed by atoms with van der Waals surface area (Å²) in [6.45, 7) is 16.4. The molecule has 1 fully saturated rings. The van der Waals surface area contributed by atoms with Gasteiger partial charge in [-0.05, 0) is 86.6 Å². The molecule has 1 heterocycles. The van der Waals surface area contributed by atoms with Crippen LogP contribution in [0.15, 0.2) is 36.4 Å². The lowest BCUT2D eigenvalue weighted by Crippen LogP contribution is -2.50. The van der Waals surface area contributed by atoms with E-state index < -0.39 is 46.8 Å². The van der Waals surface area contributed by atoms with Crippen LogP contribution in [0.5, 0.6) is 5.75 Å². The highest BCUT2D eigenvalue weighted by Gasteiger charge is 2.42. The zero-order valence-corrected chi connectivity index (χ0v) is 30.6. The van der Waals surface area contributed by atoms with Gasteiger partial charge in [0.05, 0.1) is 11.7 Å². The Morgan fingerprint density at radius 2 is 1.49 bits per heavy atom. The molecule has 0 aromatic heterocycles. The van der Waals surface area contributed by atoms with Gasteiger partial charge in [0.25, 0.3) is 0 Å². The van der Waals surface area contributed by atoms with Crippen LogP contribution in [-0.2, 0) is 32.0 Å². The first-order valence-corrected chi connectivity index (χ1v) is 17.3. The van der Waals surface area contributed by atoms with E-state index in [0.717, 1.165) is 31.2 Å². The summed E-state index contributed by atoms with van der Waals surface area (Å²) in [7, 11) is 0. The second-order valence-corrected chi connectivity index (χ2v) is 16.0. The minimum atomic E-state index is -0.834. The SMILES string of the molecule is CC(C)(C)OC(=O)CNc1c(OCc2ccccc2)cc2c(c1F)C[C@H](CN(CC1CCCC1)C(=O)OC(C)(C)C)N2C(=O)OC(C)(C)C. The summed E-state index contributed by atoms with van der Waals surface area (Å²) in [5.74, 6) is -0.785. The summed E-state index contributed by atoms with van der Waals surface area (Å²) in [6.07, 6.45) is 3.16. The molecule has 4 rings (SSSR count). The molecule has 2 aromatic carbocycles. The number of benzene rings is 2. The van der Waals surface area contributed by atoms with Crippen molar-refractivity contribution in [2.75, 3.05) is 29.9 Å². The molecule has 270 valence electrons. The van der Waals surface area contributed by atoms with Gasteiger partial charge in [-0.25, -0.2) is 14.0 Å². The van der Waals surface area contributed by atoms with Crippen LogP contribution in [0.3, 0.4) is 0 Å². The van der Waals surface area contributed by atoms with E-state index in [-0.39, 0.29) is 48.8 Å². The van der Waals surface area contributed by atoms with Crippen molar-refractivity contribution in [2.45, 2.75) is 124 Å². The van der Waals surface area contributed by atoms with Gasteiger partial charge in [0.2, 0.25) is 0 Å². The summed E-state index contributed by atoms with van der Waals surface area (Å²) in [4.78, 5) is 43.2. The van der Waals surface area contributed by atoms with Crippen LogP contribution in [0.2, 0.25) is 0 Å². The molecule has 49 heavy (non-hydrogen) atoms. The van der Waals surface area contributed by atoms with Crippen LogP contribution in [0.25, 0.3) is 0 Å². The molecule has 11 heteroatoms. The lowest BCUT2D eigenvalue weighted by Gasteiger charge is -2.34. The van der Waals surface area contributed by atoms with Crippen molar-refractivity contribution in [2.24, 2.45) is 5.92 Å². The van der Waals surface area contributed by atoms with E-state index in [4.69, 9.17) is 18.9 Å². The number of hydrogen-bond acceptors (Lipinski definition) is 8. The zero-order valence-electron chi connectivity index (χ0n) is 30.6. The minimum Gasteiger partial charge on any atom is -0.487 e. The van der Waals surface area contributed by atoms with Crippen molar-refractivity contribution < 1.29 is 37.7 Å². The number of halogens is 1. The molecule has 1 aliphatic heterocycles. The average Bonchev–Trinajstić information content (AvgIpc) is 3.61. The molecule has 2 amide bonds. The van der Waals surface area contributed by atoms with E-state index in [1.54, 1.807) is 52.5 Å². The predicted octanol–water partition coefficient (Wildman–Crippen LogP) is 8.25. The molecule has 0 bridgehead atoms. The Morgan fingerprint density at radius 3 is 2.08 bits per heavy atom. The normalized spacial score (nSPS) is 16.6. The van der Waals surface area contributed by atoms with Crippen LogP contribution < -0.4 is 15.0 Å². The topological polar surface area (TPSA) is 107 Å². The Kier molecular flexibility index (Phi) is 11.8. The molecular weight excluding hydrogens is 629 g/mol. The monoisotopic (exact) mass is 683 g/mol. The molecule has 1 atom stereocenters. The number of amides is 2. The van der Waals surface area contributed by atoms with E-state index in [9.17, 15) is 14.4 Å². The summed E-state index contributed by atoms with van der Waals surface area (Å²) < 4.78 is 40.0. The van der Waals surface area contributed by atoms with Gasteiger partial charge in [-0.1, -0.05) is 43.2 Å². The third-order valence-electron chi connectivity index (χ3n) is 8.07. The molecular formula is C38H54FN3O7. The molecule has 1 N–H and O–H groups in total. The van der Waals surface area contributed by atoms with Crippen LogP contribution >= 0.6 is 0 Å². The second kappa shape index (κ2) is 15.3. The van der Waals surface area contributed by atoms with Crippen LogP contribution in [0, 0.1) is 11.7 Å². The van der Waals surface area contributed by atoms with Crippen LogP contribution in [0.4, 0.5) is 25.4 Å². The number of nitrogens with one attached hydrogen (secondary N) is 1. The van der Waals surface area contributed by atoms with Gasteiger partial charge in [0.1, 0.15) is 41.4 Å². The molecule has 0 spiro atoms. The van der Waals surface area contributed by atoms with Crippen molar-refractivity contribution in [3.05, 3.63) is 53.3 Å². The average molecular weight is 684 g/mol. The predicted molar refractivity (Wildman–Crippen MR) is 187 cm³/mol. The van der Waals surface area contributed by atoms with Gasteiger partial charge in [0, 0.05) is 31.1 Å². The molecule has 1 saturated carbocycles. The summed E-state index contributed by atoms with van der Waals surface area (Å²) in [5.41, 5.74) is -0.906. The number of rotatable bonds is 10. The summed E-state index contributed by atoms with van der Waals surface area (Å²) in [5, 5.41) is 2.91. The van der Waals surface area contributed by atoms with E-state index in [0.29, 0.717) is 12.5 Å². The maximum atomic E-state index is 16.8. The Labute approximate surface area is 290 Å². The Morgan fingerprint density at radius 1 is 0.878 bits per heavy atom. The largest absolute Gasteiger partial charge is 0.487 e. The lowest BCUT2D eigenvalue weighted by molar-refractivity contribution is -0.152. The fraction of sp³-hybridized carbons (Fsp3) is 0.605. The highest BCUT2D eigenvalue weighted by atomic mass is 19.1. The van der Waals surface area contributed by atoms with Crippen LogP contribution in [0.1, 0.15) is 99.1 Å². The minimum absolute atomic E-state index is 0.0136. The molecule has 2 aromatic rings. The maximum Gasteiger partial charge on any atom is 0.415 e. The van der Waals surface area contributed by atoms with Gasteiger partial charge >= 0.3 is 18.2 Å².